The van der Waals surface area contributed by atoms with E-state index in [1.807, 2.05) is 11.3 Å². The van der Waals surface area contributed by atoms with Crippen LogP contribution in [0.5, 0.6) is 0 Å². The summed E-state index contributed by atoms with van der Waals surface area (Å²) < 4.78 is 0. The molecule has 2 nitrogen and oxygen atoms in total. The lowest BCUT2D eigenvalue weighted by molar-refractivity contribution is 0.272. The van der Waals surface area contributed by atoms with Gasteiger partial charge < -0.3 is 5.32 Å². The average molecular weight is 280 g/mol. The van der Waals surface area contributed by atoms with Gasteiger partial charge in [0.2, 0.25) is 0 Å². The highest BCUT2D eigenvalue weighted by atomic mass is 32.1. The van der Waals surface area contributed by atoms with Gasteiger partial charge >= 0.3 is 0 Å². The largest absolute Gasteiger partial charge is 0.314 e. The molecule has 3 heteroatoms. The van der Waals surface area contributed by atoms with Gasteiger partial charge in [-0.25, -0.2) is 0 Å². The summed E-state index contributed by atoms with van der Waals surface area (Å²) in [5.41, 5.74) is 0. The topological polar surface area (TPSA) is 15.3 Å². The minimum absolute atomic E-state index is 0.807. The summed E-state index contributed by atoms with van der Waals surface area (Å²) in [7, 11) is 0. The van der Waals surface area contributed by atoms with Crippen LogP contribution in [0.4, 0.5) is 0 Å². The van der Waals surface area contributed by atoms with Crippen LogP contribution in [0.25, 0.3) is 0 Å². The zero-order valence-electron chi connectivity index (χ0n) is 12.2. The standard InChI is InChI=1S/C16H28N2S/c1-2-18(14-16-10-6-13-19-16)12-7-11-17-15-8-4-3-5-9-15/h6,10,13,15,17H,2-5,7-9,11-12,14H2,1H3. The maximum atomic E-state index is 3.74. The lowest BCUT2D eigenvalue weighted by atomic mass is 9.95. The van der Waals surface area contributed by atoms with Crippen LogP contribution in [0, 0.1) is 0 Å². The molecule has 0 aliphatic heterocycles. The van der Waals surface area contributed by atoms with Crippen molar-refractivity contribution < 1.29 is 0 Å². The highest BCUT2D eigenvalue weighted by Gasteiger charge is 2.12. The number of thiophene rings is 1. The molecule has 1 aromatic heterocycles. The van der Waals surface area contributed by atoms with E-state index in [0.717, 1.165) is 19.1 Å². The van der Waals surface area contributed by atoms with Crippen molar-refractivity contribution in [1.29, 1.82) is 0 Å². The molecule has 1 heterocycles. The molecule has 0 unspecified atom stereocenters. The molecule has 2 rings (SSSR count). The predicted octanol–water partition coefficient (Wildman–Crippen LogP) is 3.88. The van der Waals surface area contributed by atoms with E-state index in [2.05, 4.69) is 34.7 Å². The van der Waals surface area contributed by atoms with Gasteiger partial charge in [-0.1, -0.05) is 32.3 Å². The summed E-state index contributed by atoms with van der Waals surface area (Å²) in [5, 5.41) is 5.91. The van der Waals surface area contributed by atoms with Gasteiger partial charge in [0.1, 0.15) is 0 Å². The van der Waals surface area contributed by atoms with Crippen LogP contribution in [0.1, 0.15) is 50.3 Å². The summed E-state index contributed by atoms with van der Waals surface area (Å²) in [6, 6.07) is 5.20. The van der Waals surface area contributed by atoms with Crippen LogP contribution in [-0.2, 0) is 6.54 Å². The van der Waals surface area contributed by atoms with E-state index < -0.39 is 0 Å². The molecule has 19 heavy (non-hydrogen) atoms. The van der Waals surface area contributed by atoms with Gasteiger partial charge in [-0.2, -0.15) is 0 Å². The minimum Gasteiger partial charge on any atom is -0.314 e. The molecular formula is C16H28N2S. The minimum atomic E-state index is 0.807. The first-order valence-corrected chi connectivity index (χ1v) is 8.74. The van der Waals surface area contributed by atoms with Crippen LogP contribution in [-0.4, -0.2) is 30.6 Å². The molecule has 1 N–H and O–H groups in total. The Morgan fingerprint density at radius 2 is 2.16 bits per heavy atom. The van der Waals surface area contributed by atoms with Crippen LogP contribution >= 0.6 is 11.3 Å². The van der Waals surface area contributed by atoms with Crippen molar-refractivity contribution in [3.05, 3.63) is 22.4 Å². The fraction of sp³-hybridized carbons (Fsp3) is 0.750. The Labute approximate surface area is 122 Å². The van der Waals surface area contributed by atoms with Crippen molar-refractivity contribution in [2.24, 2.45) is 0 Å². The Kier molecular flexibility index (Phi) is 6.90. The second-order valence-corrected chi connectivity index (χ2v) is 6.62. The van der Waals surface area contributed by atoms with Gasteiger partial charge in [0.05, 0.1) is 0 Å². The maximum absolute atomic E-state index is 3.74. The third kappa shape index (κ3) is 5.64. The lowest BCUT2D eigenvalue weighted by Gasteiger charge is -2.24. The second kappa shape index (κ2) is 8.72. The van der Waals surface area contributed by atoms with Crippen LogP contribution in [0.3, 0.4) is 0 Å². The molecule has 1 fully saturated rings. The molecule has 1 saturated carbocycles. The fourth-order valence-corrected chi connectivity index (χ4v) is 3.63. The van der Waals surface area contributed by atoms with Gasteiger partial charge in [0, 0.05) is 17.5 Å². The van der Waals surface area contributed by atoms with Crippen LogP contribution in [0.15, 0.2) is 17.5 Å². The molecular weight excluding hydrogens is 252 g/mol. The summed E-state index contributed by atoms with van der Waals surface area (Å²) >= 11 is 1.87. The predicted molar refractivity (Wildman–Crippen MR) is 84.8 cm³/mol. The first-order chi connectivity index (χ1) is 9.38. The molecule has 0 saturated heterocycles. The summed E-state index contributed by atoms with van der Waals surface area (Å²) in [6.07, 6.45) is 8.37. The summed E-state index contributed by atoms with van der Waals surface area (Å²) in [4.78, 5) is 4.04. The molecule has 0 atom stereocenters. The second-order valence-electron chi connectivity index (χ2n) is 5.59. The van der Waals surface area contributed by atoms with E-state index in [4.69, 9.17) is 0 Å². The number of nitrogens with zero attached hydrogens (tertiary/aromatic N) is 1. The van der Waals surface area contributed by atoms with E-state index >= 15 is 0 Å². The quantitative estimate of drug-likeness (QED) is 0.727. The Bertz CT molecular complexity index is 317. The van der Waals surface area contributed by atoms with E-state index in [-0.39, 0.29) is 0 Å². The number of rotatable bonds is 8. The Morgan fingerprint density at radius 3 is 2.84 bits per heavy atom. The zero-order valence-corrected chi connectivity index (χ0v) is 13.1. The summed E-state index contributed by atoms with van der Waals surface area (Å²) in [6.45, 7) is 6.95. The number of hydrogen-bond acceptors (Lipinski definition) is 3. The van der Waals surface area contributed by atoms with Crippen molar-refractivity contribution in [2.75, 3.05) is 19.6 Å². The zero-order chi connectivity index (χ0) is 13.3. The molecule has 108 valence electrons. The Balaban J connectivity index is 1.57. The van der Waals surface area contributed by atoms with Crippen molar-refractivity contribution >= 4 is 11.3 Å². The maximum Gasteiger partial charge on any atom is 0.0327 e. The molecule has 0 radical (unpaired) electrons. The van der Waals surface area contributed by atoms with E-state index in [1.54, 1.807) is 0 Å². The third-order valence-corrected chi connectivity index (χ3v) is 4.96. The molecule has 1 aromatic rings. The fourth-order valence-electron chi connectivity index (χ4n) is 2.89. The van der Waals surface area contributed by atoms with Gasteiger partial charge in [0.25, 0.3) is 0 Å². The molecule has 0 spiro atoms. The lowest BCUT2D eigenvalue weighted by Crippen LogP contribution is -2.33. The SMILES string of the molecule is CCN(CCCNC1CCCCC1)Cc1cccs1. The monoisotopic (exact) mass is 280 g/mol. The van der Waals surface area contributed by atoms with Crippen LogP contribution < -0.4 is 5.32 Å². The normalized spacial score (nSPS) is 17.2. The van der Waals surface area contributed by atoms with Gasteiger partial charge in [-0.05, 0) is 50.3 Å². The first kappa shape index (κ1) is 15.0. The van der Waals surface area contributed by atoms with E-state index in [9.17, 15) is 0 Å². The van der Waals surface area contributed by atoms with Crippen molar-refractivity contribution in [2.45, 2.75) is 58.0 Å². The number of hydrogen-bond donors (Lipinski definition) is 1. The third-order valence-electron chi connectivity index (χ3n) is 4.10. The molecule has 0 aromatic carbocycles. The highest BCUT2D eigenvalue weighted by Crippen LogP contribution is 2.17. The molecule has 1 aliphatic rings. The average Bonchev–Trinajstić information content (AvgIpc) is 2.96. The number of nitrogens with one attached hydrogen (secondary N) is 1. The molecule has 1 aliphatic carbocycles. The van der Waals surface area contributed by atoms with E-state index in [0.29, 0.717) is 0 Å². The highest BCUT2D eigenvalue weighted by molar-refractivity contribution is 7.09. The Morgan fingerprint density at radius 1 is 1.32 bits per heavy atom. The molecule has 0 bridgehead atoms. The summed E-state index contributed by atoms with van der Waals surface area (Å²) in [5.74, 6) is 0. The van der Waals surface area contributed by atoms with Gasteiger partial charge in [0.15, 0.2) is 0 Å². The van der Waals surface area contributed by atoms with E-state index in [1.165, 1.54) is 56.5 Å². The van der Waals surface area contributed by atoms with Crippen molar-refractivity contribution in [3.63, 3.8) is 0 Å². The molecule has 0 amide bonds. The van der Waals surface area contributed by atoms with Crippen LogP contribution in [0.2, 0.25) is 0 Å². The van der Waals surface area contributed by atoms with Gasteiger partial charge in [-0.3, -0.25) is 4.90 Å². The van der Waals surface area contributed by atoms with Crippen molar-refractivity contribution in [3.8, 4) is 0 Å². The Hall–Kier alpha value is -0.380. The van der Waals surface area contributed by atoms with Gasteiger partial charge in [-0.15, -0.1) is 11.3 Å². The smallest absolute Gasteiger partial charge is 0.0327 e. The van der Waals surface area contributed by atoms with Crippen molar-refractivity contribution in [1.82, 2.24) is 10.2 Å². The first-order valence-electron chi connectivity index (χ1n) is 7.86.